The predicted molar refractivity (Wildman–Crippen MR) is 120 cm³/mol. The van der Waals surface area contributed by atoms with Gasteiger partial charge in [-0.1, -0.05) is 23.5 Å². The monoisotopic (exact) mass is 459 g/mol. The van der Waals surface area contributed by atoms with Gasteiger partial charge in [0.05, 0.1) is 22.2 Å². The molecule has 3 aromatic rings. The largest absolute Gasteiger partial charge is 0.497 e. The molecule has 0 radical (unpaired) electrons. The van der Waals surface area contributed by atoms with Crippen LogP contribution >= 0.6 is 11.3 Å². The van der Waals surface area contributed by atoms with E-state index in [1.807, 2.05) is 24.3 Å². The van der Waals surface area contributed by atoms with Crippen LogP contribution in [0.25, 0.3) is 16.3 Å². The smallest absolute Gasteiger partial charge is 0.305 e. The first-order chi connectivity index (χ1) is 14.9. The van der Waals surface area contributed by atoms with Crippen molar-refractivity contribution < 1.29 is 17.9 Å². The first kappa shape index (κ1) is 21.3. The second-order valence-corrected chi connectivity index (χ2v) is 9.96. The van der Waals surface area contributed by atoms with Crippen molar-refractivity contribution >= 4 is 43.6 Å². The van der Waals surface area contributed by atoms with Crippen molar-refractivity contribution in [1.29, 1.82) is 0 Å². The van der Waals surface area contributed by atoms with Gasteiger partial charge >= 0.3 is 4.87 Å². The highest BCUT2D eigenvalue weighted by Crippen LogP contribution is 2.23. The first-order valence-electron chi connectivity index (χ1n) is 9.61. The van der Waals surface area contributed by atoms with E-state index in [0.29, 0.717) is 23.3 Å². The first-order valence-corrected chi connectivity index (χ1v) is 11.9. The van der Waals surface area contributed by atoms with Crippen LogP contribution in [0.4, 0.5) is 0 Å². The molecule has 1 aromatic heterocycles. The molecule has 0 atom stereocenters. The van der Waals surface area contributed by atoms with Gasteiger partial charge in [0.2, 0.25) is 15.9 Å². The molecule has 1 N–H and O–H groups in total. The number of benzene rings is 2. The van der Waals surface area contributed by atoms with Gasteiger partial charge in [0.15, 0.2) is 0 Å². The summed E-state index contributed by atoms with van der Waals surface area (Å²) < 4.78 is 33.1. The maximum Gasteiger partial charge on any atom is 0.305 e. The number of H-pyrrole nitrogens is 1. The highest BCUT2D eigenvalue weighted by Gasteiger charge is 2.29. The molecule has 8 nitrogen and oxygen atoms in total. The molecule has 0 bridgehead atoms. The van der Waals surface area contributed by atoms with E-state index in [9.17, 15) is 18.0 Å². The van der Waals surface area contributed by atoms with Crippen LogP contribution in [-0.4, -0.2) is 61.8 Å². The summed E-state index contributed by atoms with van der Waals surface area (Å²) in [6.45, 7) is 1.05. The number of carbonyl (C=O) groups excluding carboxylic acids is 1. The molecule has 0 aliphatic carbocycles. The van der Waals surface area contributed by atoms with Crippen molar-refractivity contribution in [2.24, 2.45) is 0 Å². The Bertz CT molecular complexity index is 1280. The Labute approximate surface area is 183 Å². The molecule has 1 saturated heterocycles. The molecular weight excluding hydrogens is 438 g/mol. The maximum atomic E-state index is 13.0. The summed E-state index contributed by atoms with van der Waals surface area (Å²) in [5.74, 6) is 0.581. The Morgan fingerprint density at radius 1 is 1.10 bits per heavy atom. The lowest BCUT2D eigenvalue weighted by Gasteiger charge is -2.33. The van der Waals surface area contributed by atoms with Crippen molar-refractivity contribution in [3.05, 3.63) is 63.8 Å². The van der Waals surface area contributed by atoms with Crippen LogP contribution in [0.1, 0.15) is 5.56 Å². The number of amides is 1. The number of methoxy groups -OCH3 is 1. The number of aromatic nitrogens is 1. The zero-order chi connectivity index (χ0) is 22.0. The number of rotatable bonds is 5. The topological polar surface area (TPSA) is 99.8 Å². The van der Waals surface area contributed by atoms with Crippen molar-refractivity contribution in [3.63, 3.8) is 0 Å². The fraction of sp³-hybridized carbons (Fsp3) is 0.238. The number of nitrogens with one attached hydrogen (secondary N) is 1. The minimum Gasteiger partial charge on any atom is -0.497 e. The van der Waals surface area contributed by atoms with Crippen LogP contribution in [0.3, 0.4) is 0 Å². The lowest BCUT2D eigenvalue weighted by atomic mass is 10.2. The molecule has 2 aromatic carbocycles. The third-order valence-electron chi connectivity index (χ3n) is 5.11. The molecule has 1 fully saturated rings. The number of carbonyl (C=O) groups is 1. The summed E-state index contributed by atoms with van der Waals surface area (Å²) in [4.78, 5) is 28.2. The lowest BCUT2D eigenvalue weighted by Crippen LogP contribution is -2.50. The fourth-order valence-electron chi connectivity index (χ4n) is 3.37. The molecule has 1 aliphatic heterocycles. The summed E-state index contributed by atoms with van der Waals surface area (Å²) in [7, 11) is -2.11. The van der Waals surface area contributed by atoms with E-state index in [-0.39, 0.29) is 28.8 Å². The zero-order valence-corrected chi connectivity index (χ0v) is 18.4. The summed E-state index contributed by atoms with van der Waals surface area (Å²) in [5, 5.41) is 0. The Morgan fingerprint density at radius 2 is 1.81 bits per heavy atom. The van der Waals surface area contributed by atoms with Crippen molar-refractivity contribution in [3.8, 4) is 5.75 Å². The van der Waals surface area contributed by atoms with Gasteiger partial charge < -0.3 is 14.6 Å². The van der Waals surface area contributed by atoms with E-state index >= 15 is 0 Å². The standard InChI is InChI=1S/C21H21N3O5S2/c1-29-16-5-2-15(3-6-16)4-9-20(25)23-10-12-24(13-11-23)31(27,28)17-7-8-18-19(14-17)30-21(26)22-18/h2-9,14H,10-13H2,1H3,(H,22,26)/b9-4+. The van der Waals surface area contributed by atoms with Crippen LogP contribution in [0, 0.1) is 0 Å². The van der Waals surface area contributed by atoms with Gasteiger partial charge in [-0.2, -0.15) is 4.31 Å². The number of thiazole rings is 1. The minimum atomic E-state index is -3.70. The van der Waals surface area contributed by atoms with Crippen LogP contribution in [0.5, 0.6) is 5.75 Å². The fourth-order valence-corrected chi connectivity index (χ4v) is 5.67. The number of hydrogen-bond donors (Lipinski definition) is 1. The quantitative estimate of drug-likeness (QED) is 0.590. The normalized spacial score (nSPS) is 15.6. The third-order valence-corrected chi connectivity index (χ3v) is 7.85. The molecule has 2 heterocycles. The van der Waals surface area contributed by atoms with Crippen molar-refractivity contribution in [2.45, 2.75) is 4.90 Å². The summed E-state index contributed by atoms with van der Waals surface area (Å²) in [5.41, 5.74) is 1.49. The van der Waals surface area contributed by atoms with Gasteiger partial charge in [-0.15, -0.1) is 0 Å². The average Bonchev–Trinajstić information content (AvgIpc) is 3.17. The average molecular weight is 460 g/mol. The highest BCUT2D eigenvalue weighted by molar-refractivity contribution is 7.89. The third kappa shape index (κ3) is 4.55. The van der Waals surface area contributed by atoms with Gasteiger partial charge in [-0.3, -0.25) is 9.59 Å². The summed E-state index contributed by atoms with van der Waals surface area (Å²) in [6, 6.07) is 12.0. The number of nitrogens with zero attached hydrogens (tertiary/aromatic N) is 2. The molecule has 0 spiro atoms. The van der Waals surface area contributed by atoms with Gasteiger partial charge in [-0.25, -0.2) is 8.42 Å². The second-order valence-electron chi connectivity index (χ2n) is 7.01. The summed E-state index contributed by atoms with van der Waals surface area (Å²) in [6.07, 6.45) is 3.22. The molecule has 0 unspecified atom stereocenters. The maximum absolute atomic E-state index is 13.0. The van der Waals surface area contributed by atoms with E-state index in [2.05, 4.69) is 4.98 Å². The molecule has 10 heteroatoms. The molecule has 162 valence electrons. The summed E-state index contributed by atoms with van der Waals surface area (Å²) >= 11 is 0.977. The lowest BCUT2D eigenvalue weighted by molar-refractivity contribution is -0.127. The molecule has 4 rings (SSSR count). The van der Waals surface area contributed by atoms with E-state index in [0.717, 1.165) is 22.6 Å². The van der Waals surface area contributed by atoms with Crippen LogP contribution in [0.2, 0.25) is 0 Å². The van der Waals surface area contributed by atoms with Crippen LogP contribution in [-0.2, 0) is 14.8 Å². The minimum absolute atomic E-state index is 0.148. The van der Waals surface area contributed by atoms with Gasteiger partial charge in [0, 0.05) is 32.3 Å². The number of aromatic amines is 1. The second kappa shape index (κ2) is 8.66. The molecular formula is C21H21N3O5S2. The van der Waals surface area contributed by atoms with Crippen molar-refractivity contribution in [1.82, 2.24) is 14.2 Å². The SMILES string of the molecule is COc1ccc(/C=C/C(=O)N2CCN(S(=O)(=O)c3ccc4[nH]c(=O)sc4c3)CC2)cc1. The van der Waals surface area contributed by atoms with E-state index < -0.39 is 10.0 Å². The number of sulfonamides is 1. The molecule has 1 amide bonds. The Balaban J connectivity index is 1.40. The Kier molecular flexibility index (Phi) is 5.94. The van der Waals surface area contributed by atoms with E-state index in [1.54, 1.807) is 24.2 Å². The molecule has 31 heavy (non-hydrogen) atoms. The number of fused-ring (bicyclic) bond motifs is 1. The van der Waals surface area contributed by atoms with Gasteiger partial charge in [0.1, 0.15) is 5.75 Å². The molecule has 0 saturated carbocycles. The number of ether oxygens (including phenoxy) is 1. The highest BCUT2D eigenvalue weighted by atomic mass is 32.2. The predicted octanol–water partition coefficient (Wildman–Crippen LogP) is 2.14. The van der Waals surface area contributed by atoms with Crippen LogP contribution in [0.15, 0.2) is 58.2 Å². The Hall–Kier alpha value is -2.95. The van der Waals surface area contributed by atoms with E-state index in [1.165, 1.54) is 22.5 Å². The van der Waals surface area contributed by atoms with Gasteiger partial charge in [0.25, 0.3) is 0 Å². The molecule has 1 aliphatic rings. The van der Waals surface area contributed by atoms with Gasteiger partial charge in [-0.05, 0) is 42.0 Å². The number of hydrogen-bond acceptors (Lipinski definition) is 6. The number of piperazine rings is 1. The van der Waals surface area contributed by atoms with Crippen molar-refractivity contribution in [2.75, 3.05) is 33.3 Å². The Morgan fingerprint density at radius 3 is 2.48 bits per heavy atom. The van der Waals surface area contributed by atoms with E-state index in [4.69, 9.17) is 4.74 Å². The van der Waals surface area contributed by atoms with Crippen LogP contribution < -0.4 is 9.61 Å². The zero-order valence-electron chi connectivity index (χ0n) is 16.8.